The maximum Gasteiger partial charge on any atom is 0.338 e. The van der Waals surface area contributed by atoms with Crippen molar-refractivity contribution in [3.8, 4) is 5.75 Å². The lowest BCUT2D eigenvalue weighted by molar-refractivity contribution is -0.119. The third-order valence-corrected chi connectivity index (χ3v) is 4.98. The van der Waals surface area contributed by atoms with Crippen molar-refractivity contribution < 1.29 is 23.9 Å². The summed E-state index contributed by atoms with van der Waals surface area (Å²) in [6.45, 7) is 2.03. The van der Waals surface area contributed by atoms with Crippen LogP contribution in [0.3, 0.4) is 0 Å². The molecular weight excluding hydrogens is 396 g/mol. The number of nitrogens with one attached hydrogen (secondary N) is 1. The number of anilines is 2. The van der Waals surface area contributed by atoms with E-state index in [0.717, 1.165) is 17.7 Å². The van der Waals surface area contributed by atoms with Crippen molar-refractivity contribution in [1.82, 2.24) is 0 Å². The van der Waals surface area contributed by atoms with Crippen molar-refractivity contribution in [2.75, 3.05) is 30.5 Å². The van der Waals surface area contributed by atoms with Crippen molar-refractivity contribution in [2.45, 2.75) is 19.8 Å². The SMILES string of the molecule is COc1cc(Cl)c(C)cc1NC(=O)COC(=O)c1ccc(N2CCCC2=O)cc1. The smallest absolute Gasteiger partial charge is 0.338 e. The Kier molecular flexibility index (Phi) is 6.39. The predicted molar refractivity (Wildman–Crippen MR) is 110 cm³/mol. The molecule has 1 aliphatic rings. The maximum absolute atomic E-state index is 12.2. The summed E-state index contributed by atoms with van der Waals surface area (Å²) in [7, 11) is 1.47. The number of methoxy groups -OCH3 is 1. The average molecular weight is 417 g/mol. The quantitative estimate of drug-likeness (QED) is 0.727. The van der Waals surface area contributed by atoms with Crippen LogP contribution in [0.4, 0.5) is 11.4 Å². The van der Waals surface area contributed by atoms with E-state index < -0.39 is 18.5 Å². The Morgan fingerprint density at radius 3 is 2.55 bits per heavy atom. The molecule has 8 heteroatoms. The fourth-order valence-electron chi connectivity index (χ4n) is 3.03. The van der Waals surface area contributed by atoms with Gasteiger partial charge in [-0.3, -0.25) is 9.59 Å². The summed E-state index contributed by atoms with van der Waals surface area (Å²) in [5, 5.41) is 3.16. The van der Waals surface area contributed by atoms with Gasteiger partial charge in [-0.2, -0.15) is 0 Å². The molecule has 1 heterocycles. The summed E-state index contributed by atoms with van der Waals surface area (Å²) in [5.74, 6) is -0.645. The zero-order chi connectivity index (χ0) is 21.0. The second-order valence-corrected chi connectivity index (χ2v) is 7.03. The summed E-state index contributed by atoms with van der Waals surface area (Å²) in [4.78, 5) is 37.8. The third-order valence-electron chi connectivity index (χ3n) is 4.58. The van der Waals surface area contributed by atoms with Crippen LogP contribution in [0, 0.1) is 6.92 Å². The fraction of sp³-hybridized carbons (Fsp3) is 0.286. The number of amides is 2. The number of aryl methyl sites for hydroxylation is 1. The van der Waals surface area contributed by atoms with Gasteiger partial charge in [-0.25, -0.2) is 4.79 Å². The molecule has 0 saturated carbocycles. The van der Waals surface area contributed by atoms with Gasteiger partial charge in [0.25, 0.3) is 5.91 Å². The Morgan fingerprint density at radius 1 is 1.21 bits per heavy atom. The zero-order valence-corrected chi connectivity index (χ0v) is 16.9. The van der Waals surface area contributed by atoms with Gasteiger partial charge in [0.05, 0.1) is 18.4 Å². The molecule has 1 fully saturated rings. The number of esters is 1. The highest BCUT2D eigenvalue weighted by atomic mass is 35.5. The number of nitrogens with zero attached hydrogens (tertiary/aromatic N) is 1. The number of hydrogen-bond acceptors (Lipinski definition) is 5. The molecule has 0 unspecified atom stereocenters. The van der Waals surface area contributed by atoms with Crippen molar-refractivity contribution >= 4 is 40.8 Å². The van der Waals surface area contributed by atoms with Gasteiger partial charge in [-0.1, -0.05) is 11.6 Å². The molecule has 1 aliphatic heterocycles. The van der Waals surface area contributed by atoms with Gasteiger partial charge in [-0.05, 0) is 49.2 Å². The summed E-state index contributed by atoms with van der Waals surface area (Å²) in [6, 6.07) is 9.83. The minimum Gasteiger partial charge on any atom is -0.495 e. The van der Waals surface area contributed by atoms with Crippen LogP contribution >= 0.6 is 11.6 Å². The van der Waals surface area contributed by atoms with E-state index in [9.17, 15) is 14.4 Å². The average Bonchev–Trinajstić information content (AvgIpc) is 3.14. The Labute approximate surface area is 173 Å². The molecule has 0 spiro atoms. The van der Waals surface area contributed by atoms with Gasteiger partial charge in [0.15, 0.2) is 6.61 Å². The minimum absolute atomic E-state index is 0.0739. The first kappa shape index (κ1) is 20.7. The summed E-state index contributed by atoms with van der Waals surface area (Å²) >= 11 is 6.05. The van der Waals surface area contributed by atoms with E-state index in [1.165, 1.54) is 7.11 Å². The molecule has 2 aromatic rings. The number of ether oxygens (including phenoxy) is 2. The van der Waals surface area contributed by atoms with Crippen LogP contribution in [0.15, 0.2) is 36.4 Å². The Hall–Kier alpha value is -3.06. The van der Waals surface area contributed by atoms with Gasteiger partial charge in [0.2, 0.25) is 5.91 Å². The number of rotatable bonds is 6. The monoisotopic (exact) mass is 416 g/mol. The van der Waals surface area contributed by atoms with E-state index in [1.807, 2.05) is 0 Å². The van der Waals surface area contributed by atoms with Gasteiger partial charge < -0.3 is 19.7 Å². The molecule has 0 aliphatic carbocycles. The van der Waals surface area contributed by atoms with E-state index >= 15 is 0 Å². The van der Waals surface area contributed by atoms with Crippen LogP contribution in [-0.2, 0) is 14.3 Å². The normalized spacial score (nSPS) is 13.3. The van der Waals surface area contributed by atoms with E-state index in [1.54, 1.807) is 48.2 Å². The topological polar surface area (TPSA) is 84.9 Å². The molecule has 2 aromatic carbocycles. The molecule has 3 rings (SSSR count). The van der Waals surface area contributed by atoms with E-state index in [2.05, 4.69) is 5.32 Å². The second kappa shape index (κ2) is 8.96. The lowest BCUT2D eigenvalue weighted by atomic mass is 10.2. The first-order chi connectivity index (χ1) is 13.9. The molecule has 1 saturated heterocycles. The lowest BCUT2D eigenvalue weighted by Gasteiger charge is -2.15. The molecule has 0 aromatic heterocycles. The highest BCUT2D eigenvalue weighted by Crippen LogP contribution is 2.30. The number of hydrogen-bond donors (Lipinski definition) is 1. The van der Waals surface area contributed by atoms with Gasteiger partial charge in [-0.15, -0.1) is 0 Å². The number of benzene rings is 2. The molecule has 0 radical (unpaired) electrons. The van der Waals surface area contributed by atoms with Crippen LogP contribution in [0.25, 0.3) is 0 Å². The fourth-order valence-corrected chi connectivity index (χ4v) is 3.18. The first-order valence-electron chi connectivity index (χ1n) is 9.10. The molecule has 7 nitrogen and oxygen atoms in total. The summed E-state index contributed by atoms with van der Waals surface area (Å²) < 4.78 is 10.3. The highest BCUT2D eigenvalue weighted by molar-refractivity contribution is 6.31. The first-order valence-corrected chi connectivity index (χ1v) is 9.48. The number of halogens is 1. The van der Waals surface area contributed by atoms with E-state index in [4.69, 9.17) is 21.1 Å². The van der Waals surface area contributed by atoms with Crippen molar-refractivity contribution in [3.63, 3.8) is 0 Å². The highest BCUT2D eigenvalue weighted by Gasteiger charge is 2.22. The van der Waals surface area contributed by atoms with E-state index in [0.29, 0.717) is 35.0 Å². The van der Waals surface area contributed by atoms with Gasteiger partial charge in [0.1, 0.15) is 5.75 Å². The lowest BCUT2D eigenvalue weighted by Crippen LogP contribution is -2.23. The second-order valence-electron chi connectivity index (χ2n) is 6.62. The molecule has 152 valence electrons. The third kappa shape index (κ3) is 4.86. The molecule has 0 bridgehead atoms. The Bertz CT molecular complexity index is 943. The predicted octanol–water partition coefficient (Wildman–Crippen LogP) is 3.58. The minimum atomic E-state index is -0.626. The van der Waals surface area contributed by atoms with Gasteiger partial charge >= 0.3 is 5.97 Å². The van der Waals surface area contributed by atoms with Gasteiger partial charge in [0, 0.05) is 29.7 Å². The molecular formula is C21H21ClN2O5. The molecule has 2 amide bonds. The zero-order valence-electron chi connectivity index (χ0n) is 16.2. The van der Waals surface area contributed by atoms with Crippen molar-refractivity contribution in [1.29, 1.82) is 0 Å². The number of carbonyl (C=O) groups is 3. The summed E-state index contributed by atoms with van der Waals surface area (Å²) in [6.07, 6.45) is 1.37. The largest absolute Gasteiger partial charge is 0.495 e. The number of carbonyl (C=O) groups excluding carboxylic acids is 3. The van der Waals surface area contributed by atoms with Crippen LogP contribution < -0.4 is 15.0 Å². The van der Waals surface area contributed by atoms with Crippen molar-refractivity contribution in [2.24, 2.45) is 0 Å². The van der Waals surface area contributed by atoms with Crippen molar-refractivity contribution in [3.05, 3.63) is 52.5 Å². The standard InChI is InChI=1S/C21H21ClN2O5/c1-13-10-17(18(28-2)11-16(13)22)23-19(25)12-29-21(27)14-5-7-15(8-6-14)24-9-3-4-20(24)26/h5-8,10-11H,3-4,9,12H2,1-2H3,(H,23,25). The Morgan fingerprint density at radius 2 is 1.93 bits per heavy atom. The maximum atomic E-state index is 12.2. The molecule has 29 heavy (non-hydrogen) atoms. The summed E-state index contributed by atoms with van der Waals surface area (Å²) in [5.41, 5.74) is 2.26. The molecule has 0 atom stereocenters. The van der Waals surface area contributed by atoms with Crippen LogP contribution in [0.2, 0.25) is 5.02 Å². The van der Waals surface area contributed by atoms with Crippen LogP contribution in [0.5, 0.6) is 5.75 Å². The van der Waals surface area contributed by atoms with Crippen LogP contribution in [0.1, 0.15) is 28.8 Å². The Balaban J connectivity index is 1.57. The van der Waals surface area contributed by atoms with Crippen LogP contribution in [-0.4, -0.2) is 38.0 Å². The molecule has 1 N–H and O–H groups in total. The van der Waals surface area contributed by atoms with E-state index in [-0.39, 0.29) is 5.91 Å².